The zero-order valence-electron chi connectivity index (χ0n) is 13.3. The first-order valence-corrected chi connectivity index (χ1v) is 7.83. The van der Waals surface area contributed by atoms with Gasteiger partial charge in [0.15, 0.2) is 5.82 Å². The van der Waals surface area contributed by atoms with E-state index in [0.717, 1.165) is 24.2 Å². The first-order valence-electron chi connectivity index (χ1n) is 7.83. The van der Waals surface area contributed by atoms with Crippen molar-refractivity contribution in [3.05, 3.63) is 41.5 Å². The summed E-state index contributed by atoms with van der Waals surface area (Å²) in [7, 11) is 0. The SMILES string of the molecule is Cc1cc(C)n(-c2ccc(NC(=O)C3CCC(N)C3)cc2F)n1. The number of anilines is 1. The normalized spacial score (nSPS) is 20.7. The van der Waals surface area contributed by atoms with Crippen molar-refractivity contribution >= 4 is 11.6 Å². The number of benzene rings is 1. The van der Waals surface area contributed by atoms with Gasteiger partial charge in [-0.2, -0.15) is 5.10 Å². The first-order chi connectivity index (χ1) is 10.9. The number of carbonyl (C=O) groups excluding carboxylic acids is 1. The number of rotatable bonds is 3. The molecule has 1 aliphatic carbocycles. The van der Waals surface area contributed by atoms with Crippen molar-refractivity contribution in [2.75, 3.05) is 5.32 Å². The number of nitrogens with one attached hydrogen (secondary N) is 1. The molecule has 3 rings (SSSR count). The summed E-state index contributed by atoms with van der Waals surface area (Å²) < 4.78 is 15.9. The van der Waals surface area contributed by atoms with Crippen LogP contribution in [0, 0.1) is 25.6 Å². The minimum absolute atomic E-state index is 0.0799. The van der Waals surface area contributed by atoms with Crippen LogP contribution < -0.4 is 11.1 Å². The molecule has 3 N–H and O–H groups in total. The number of aryl methyl sites for hydroxylation is 2. The van der Waals surface area contributed by atoms with E-state index in [4.69, 9.17) is 5.73 Å². The van der Waals surface area contributed by atoms with Gasteiger partial charge in [-0.25, -0.2) is 9.07 Å². The average Bonchev–Trinajstić information content (AvgIpc) is 3.05. The van der Waals surface area contributed by atoms with Gasteiger partial charge in [-0.05, 0) is 57.4 Å². The van der Waals surface area contributed by atoms with Crippen LogP contribution in [0.25, 0.3) is 5.69 Å². The highest BCUT2D eigenvalue weighted by molar-refractivity contribution is 5.92. The molecule has 2 atom stereocenters. The summed E-state index contributed by atoms with van der Waals surface area (Å²) >= 11 is 0. The minimum atomic E-state index is -0.419. The molecule has 1 aromatic carbocycles. The first kappa shape index (κ1) is 15.7. The van der Waals surface area contributed by atoms with Gasteiger partial charge < -0.3 is 11.1 Å². The van der Waals surface area contributed by atoms with Crippen molar-refractivity contribution in [1.82, 2.24) is 9.78 Å². The highest BCUT2D eigenvalue weighted by Gasteiger charge is 2.27. The van der Waals surface area contributed by atoms with Gasteiger partial charge in [0.25, 0.3) is 0 Å². The van der Waals surface area contributed by atoms with E-state index in [0.29, 0.717) is 17.8 Å². The van der Waals surface area contributed by atoms with Gasteiger partial charge in [0.1, 0.15) is 5.69 Å². The fourth-order valence-electron chi connectivity index (χ4n) is 3.13. The Labute approximate surface area is 134 Å². The summed E-state index contributed by atoms with van der Waals surface area (Å²) in [6.07, 6.45) is 2.35. The highest BCUT2D eigenvalue weighted by atomic mass is 19.1. The Morgan fingerprint density at radius 3 is 2.70 bits per heavy atom. The summed E-state index contributed by atoms with van der Waals surface area (Å²) in [5.74, 6) is -0.586. The van der Waals surface area contributed by atoms with E-state index in [-0.39, 0.29) is 17.9 Å². The second-order valence-electron chi connectivity index (χ2n) is 6.26. The second-order valence-corrected chi connectivity index (χ2v) is 6.26. The molecule has 5 nitrogen and oxygen atoms in total. The number of amides is 1. The van der Waals surface area contributed by atoms with E-state index in [2.05, 4.69) is 10.4 Å². The number of nitrogens with two attached hydrogens (primary N) is 1. The molecule has 0 aliphatic heterocycles. The molecule has 1 fully saturated rings. The Hall–Kier alpha value is -2.21. The molecule has 0 bridgehead atoms. The van der Waals surface area contributed by atoms with Crippen molar-refractivity contribution in [1.29, 1.82) is 0 Å². The molecule has 2 unspecified atom stereocenters. The standard InChI is InChI=1S/C17H21FN4O/c1-10-7-11(2)22(21-10)16-6-5-14(9-15(16)18)20-17(23)12-3-4-13(19)8-12/h5-7,9,12-13H,3-4,8,19H2,1-2H3,(H,20,23). The van der Waals surface area contributed by atoms with Gasteiger partial charge in [-0.3, -0.25) is 4.79 Å². The van der Waals surface area contributed by atoms with Gasteiger partial charge in [-0.1, -0.05) is 0 Å². The Balaban J connectivity index is 1.77. The molecule has 122 valence electrons. The monoisotopic (exact) mass is 316 g/mol. The maximum Gasteiger partial charge on any atom is 0.227 e. The quantitative estimate of drug-likeness (QED) is 0.914. The van der Waals surface area contributed by atoms with E-state index in [1.165, 1.54) is 6.07 Å². The number of nitrogens with zero attached hydrogens (tertiary/aromatic N) is 2. The van der Waals surface area contributed by atoms with Gasteiger partial charge in [0, 0.05) is 23.3 Å². The maximum absolute atomic E-state index is 14.4. The molecule has 23 heavy (non-hydrogen) atoms. The molecular weight excluding hydrogens is 295 g/mol. The Morgan fingerprint density at radius 2 is 2.13 bits per heavy atom. The molecule has 2 aromatic rings. The zero-order chi connectivity index (χ0) is 16.6. The highest BCUT2D eigenvalue weighted by Crippen LogP contribution is 2.26. The van der Waals surface area contributed by atoms with Crippen molar-refractivity contribution in [3.8, 4) is 5.69 Å². The summed E-state index contributed by atoms with van der Waals surface area (Å²) in [6.45, 7) is 3.74. The van der Waals surface area contributed by atoms with Crippen LogP contribution in [-0.2, 0) is 4.79 Å². The van der Waals surface area contributed by atoms with Crippen LogP contribution in [-0.4, -0.2) is 21.7 Å². The smallest absolute Gasteiger partial charge is 0.227 e. The van der Waals surface area contributed by atoms with E-state index >= 15 is 0 Å². The van der Waals surface area contributed by atoms with Crippen LogP contribution in [0.2, 0.25) is 0 Å². The molecular formula is C17H21FN4O. The third-order valence-electron chi connectivity index (χ3n) is 4.30. The molecule has 1 aliphatic rings. The molecule has 1 aromatic heterocycles. The molecule has 1 heterocycles. The van der Waals surface area contributed by atoms with Crippen molar-refractivity contribution in [3.63, 3.8) is 0 Å². The topological polar surface area (TPSA) is 72.9 Å². The van der Waals surface area contributed by atoms with Crippen molar-refractivity contribution < 1.29 is 9.18 Å². The molecule has 6 heteroatoms. The predicted molar refractivity (Wildman–Crippen MR) is 86.9 cm³/mol. The van der Waals surface area contributed by atoms with Gasteiger partial charge in [0.2, 0.25) is 5.91 Å². The maximum atomic E-state index is 14.4. The summed E-state index contributed by atoms with van der Waals surface area (Å²) in [6, 6.07) is 6.64. The van der Waals surface area contributed by atoms with Crippen LogP contribution in [0.4, 0.5) is 10.1 Å². The number of hydrogen-bond donors (Lipinski definition) is 2. The molecule has 1 amide bonds. The lowest BCUT2D eigenvalue weighted by atomic mass is 10.1. The number of aromatic nitrogens is 2. The Kier molecular flexibility index (Phi) is 4.17. The third kappa shape index (κ3) is 3.27. The second kappa shape index (κ2) is 6.12. The fourth-order valence-corrected chi connectivity index (χ4v) is 3.13. The minimum Gasteiger partial charge on any atom is -0.328 e. The van der Waals surface area contributed by atoms with Crippen LogP contribution in [0.15, 0.2) is 24.3 Å². The summed E-state index contributed by atoms with van der Waals surface area (Å²) in [5, 5.41) is 7.06. The molecule has 0 radical (unpaired) electrons. The largest absolute Gasteiger partial charge is 0.328 e. The van der Waals surface area contributed by atoms with E-state index in [1.807, 2.05) is 19.9 Å². The summed E-state index contributed by atoms with van der Waals surface area (Å²) in [5.41, 5.74) is 8.35. The lowest BCUT2D eigenvalue weighted by molar-refractivity contribution is -0.119. The van der Waals surface area contributed by atoms with E-state index in [1.54, 1.807) is 16.8 Å². The third-order valence-corrected chi connectivity index (χ3v) is 4.30. The van der Waals surface area contributed by atoms with Gasteiger partial charge >= 0.3 is 0 Å². The predicted octanol–water partition coefficient (Wildman–Crippen LogP) is 2.69. The van der Waals surface area contributed by atoms with E-state index in [9.17, 15) is 9.18 Å². The lowest BCUT2D eigenvalue weighted by Gasteiger charge is -2.12. The van der Waals surface area contributed by atoms with Crippen molar-refractivity contribution in [2.24, 2.45) is 11.7 Å². The summed E-state index contributed by atoms with van der Waals surface area (Å²) in [4.78, 5) is 12.2. The lowest BCUT2D eigenvalue weighted by Crippen LogP contribution is -2.23. The van der Waals surface area contributed by atoms with Gasteiger partial charge in [0.05, 0.1) is 5.69 Å². The van der Waals surface area contributed by atoms with Crippen LogP contribution >= 0.6 is 0 Å². The Morgan fingerprint density at radius 1 is 1.35 bits per heavy atom. The van der Waals surface area contributed by atoms with Gasteiger partial charge in [-0.15, -0.1) is 0 Å². The van der Waals surface area contributed by atoms with Crippen LogP contribution in [0.1, 0.15) is 30.7 Å². The van der Waals surface area contributed by atoms with Crippen molar-refractivity contribution in [2.45, 2.75) is 39.2 Å². The molecule has 1 saturated carbocycles. The number of carbonyl (C=O) groups is 1. The average molecular weight is 316 g/mol. The molecule has 0 saturated heterocycles. The zero-order valence-corrected chi connectivity index (χ0v) is 13.3. The van der Waals surface area contributed by atoms with Crippen LogP contribution in [0.5, 0.6) is 0 Å². The Bertz CT molecular complexity index is 740. The number of hydrogen-bond acceptors (Lipinski definition) is 3. The molecule has 0 spiro atoms. The van der Waals surface area contributed by atoms with Crippen LogP contribution in [0.3, 0.4) is 0 Å². The fraction of sp³-hybridized carbons (Fsp3) is 0.412. The van der Waals surface area contributed by atoms with E-state index < -0.39 is 5.82 Å². The number of halogens is 1.